The first-order valence-corrected chi connectivity index (χ1v) is 6.40. The van der Waals surface area contributed by atoms with Gasteiger partial charge in [-0.25, -0.2) is 8.42 Å². The minimum absolute atomic E-state index is 0.250. The van der Waals surface area contributed by atoms with Gasteiger partial charge in [-0.1, -0.05) is 0 Å². The molecule has 0 aromatic carbocycles. The number of nitrogens with zero attached hydrogens (tertiary/aromatic N) is 1. The Bertz CT molecular complexity index is 291. The third-order valence-corrected chi connectivity index (χ3v) is 3.98. The first-order chi connectivity index (χ1) is 5.93. The van der Waals surface area contributed by atoms with E-state index in [-0.39, 0.29) is 5.84 Å². The van der Waals surface area contributed by atoms with Crippen LogP contribution in [-0.2, 0) is 9.84 Å². The summed E-state index contributed by atoms with van der Waals surface area (Å²) in [5.74, 6) is 0.250. The van der Waals surface area contributed by atoms with E-state index in [9.17, 15) is 8.42 Å². The molecular weight excluding hydrogens is 188 g/mol. The van der Waals surface area contributed by atoms with E-state index in [1.165, 1.54) is 6.26 Å². The number of hydrogen-bond acceptors (Lipinski definition) is 3. The molecule has 13 heavy (non-hydrogen) atoms. The van der Waals surface area contributed by atoms with Gasteiger partial charge >= 0.3 is 0 Å². The van der Waals surface area contributed by atoms with Crippen molar-refractivity contribution in [3.8, 4) is 0 Å². The van der Waals surface area contributed by atoms with Crippen LogP contribution < -0.4 is 0 Å². The summed E-state index contributed by atoms with van der Waals surface area (Å²) in [5, 5.41) is 7.03. The first-order valence-electron chi connectivity index (χ1n) is 4.45. The second-order valence-electron chi connectivity index (χ2n) is 3.55. The van der Waals surface area contributed by atoms with Crippen LogP contribution in [0.15, 0.2) is 0 Å². The quantitative estimate of drug-likeness (QED) is 0.526. The van der Waals surface area contributed by atoms with E-state index in [4.69, 9.17) is 5.41 Å². The molecule has 76 valence electrons. The number of hydrogen-bond donors (Lipinski definition) is 1. The SMILES string of the molecule is CC(C(=N)N1CCCC1)S(C)(=O)=O. The summed E-state index contributed by atoms with van der Waals surface area (Å²) in [4.78, 5) is 1.85. The highest BCUT2D eigenvalue weighted by atomic mass is 32.2. The normalized spacial score (nSPS) is 20.3. The third kappa shape index (κ3) is 2.43. The Morgan fingerprint density at radius 2 is 1.85 bits per heavy atom. The van der Waals surface area contributed by atoms with Gasteiger partial charge in [0.2, 0.25) is 0 Å². The Hall–Kier alpha value is -0.580. The molecule has 1 fully saturated rings. The molecule has 0 aromatic rings. The zero-order valence-corrected chi connectivity index (χ0v) is 8.89. The van der Waals surface area contributed by atoms with Crippen molar-refractivity contribution in [3.05, 3.63) is 0 Å². The summed E-state index contributed by atoms with van der Waals surface area (Å²) >= 11 is 0. The second kappa shape index (κ2) is 3.65. The Morgan fingerprint density at radius 1 is 1.38 bits per heavy atom. The van der Waals surface area contributed by atoms with E-state index >= 15 is 0 Å². The van der Waals surface area contributed by atoms with Crippen molar-refractivity contribution in [1.29, 1.82) is 5.41 Å². The Kier molecular flexibility index (Phi) is 2.95. The zero-order chi connectivity index (χ0) is 10.1. The van der Waals surface area contributed by atoms with Crippen LogP contribution in [0.1, 0.15) is 19.8 Å². The van der Waals surface area contributed by atoms with E-state index in [1.54, 1.807) is 6.92 Å². The van der Waals surface area contributed by atoms with Gasteiger partial charge in [0.25, 0.3) is 0 Å². The van der Waals surface area contributed by atoms with Crippen LogP contribution in [-0.4, -0.2) is 43.7 Å². The number of sulfone groups is 1. The topological polar surface area (TPSA) is 61.2 Å². The van der Waals surface area contributed by atoms with Gasteiger partial charge in [-0.2, -0.15) is 0 Å². The molecule has 1 unspecified atom stereocenters. The van der Waals surface area contributed by atoms with Crippen LogP contribution in [0.2, 0.25) is 0 Å². The predicted molar refractivity (Wildman–Crippen MR) is 52.8 cm³/mol. The summed E-state index contributed by atoms with van der Waals surface area (Å²) in [5.41, 5.74) is 0. The van der Waals surface area contributed by atoms with Crippen molar-refractivity contribution in [1.82, 2.24) is 4.90 Å². The number of amidine groups is 1. The average molecular weight is 204 g/mol. The summed E-state index contributed by atoms with van der Waals surface area (Å²) in [6, 6.07) is 0. The smallest absolute Gasteiger partial charge is 0.157 e. The zero-order valence-electron chi connectivity index (χ0n) is 8.08. The Labute approximate surface area is 79.4 Å². The fourth-order valence-electron chi connectivity index (χ4n) is 1.42. The molecule has 4 nitrogen and oxygen atoms in total. The van der Waals surface area contributed by atoms with Gasteiger partial charge in [-0.05, 0) is 19.8 Å². The van der Waals surface area contributed by atoms with Crippen LogP contribution >= 0.6 is 0 Å². The van der Waals surface area contributed by atoms with Crippen molar-refractivity contribution in [3.63, 3.8) is 0 Å². The fraction of sp³-hybridized carbons (Fsp3) is 0.875. The summed E-state index contributed by atoms with van der Waals surface area (Å²) in [6.07, 6.45) is 3.32. The van der Waals surface area contributed by atoms with Crippen LogP contribution in [0.25, 0.3) is 0 Å². The molecule has 1 N–H and O–H groups in total. The molecule has 1 rings (SSSR count). The predicted octanol–water partition coefficient (Wildman–Crippen LogP) is 0.493. The molecule has 0 bridgehead atoms. The molecular formula is C8H16N2O2S. The van der Waals surface area contributed by atoms with Gasteiger partial charge in [0.15, 0.2) is 9.84 Å². The maximum atomic E-state index is 11.2. The molecule has 1 atom stereocenters. The highest BCUT2D eigenvalue weighted by Crippen LogP contribution is 2.12. The fourth-order valence-corrected chi connectivity index (χ4v) is 1.97. The second-order valence-corrected chi connectivity index (χ2v) is 5.92. The molecule has 0 radical (unpaired) electrons. The lowest BCUT2D eigenvalue weighted by Gasteiger charge is -2.22. The van der Waals surface area contributed by atoms with Crippen LogP contribution in [0.4, 0.5) is 0 Å². The minimum Gasteiger partial charge on any atom is -0.359 e. The Morgan fingerprint density at radius 3 is 2.23 bits per heavy atom. The van der Waals surface area contributed by atoms with Crippen molar-refractivity contribution in [2.45, 2.75) is 25.0 Å². The van der Waals surface area contributed by atoms with Crippen LogP contribution in [0, 0.1) is 5.41 Å². The van der Waals surface area contributed by atoms with Crippen molar-refractivity contribution in [2.24, 2.45) is 0 Å². The van der Waals surface area contributed by atoms with Crippen molar-refractivity contribution < 1.29 is 8.42 Å². The molecule has 5 heteroatoms. The highest BCUT2D eigenvalue weighted by Gasteiger charge is 2.26. The molecule has 0 saturated carbocycles. The van der Waals surface area contributed by atoms with E-state index in [0.717, 1.165) is 25.9 Å². The monoisotopic (exact) mass is 204 g/mol. The number of rotatable bonds is 2. The molecule has 0 aliphatic carbocycles. The number of nitrogens with one attached hydrogen (secondary N) is 1. The lowest BCUT2D eigenvalue weighted by atomic mass is 10.4. The van der Waals surface area contributed by atoms with E-state index < -0.39 is 15.1 Å². The van der Waals surface area contributed by atoms with Gasteiger partial charge in [0, 0.05) is 19.3 Å². The molecule has 1 aliphatic rings. The molecule has 0 aromatic heterocycles. The van der Waals surface area contributed by atoms with Gasteiger partial charge in [-0.15, -0.1) is 0 Å². The van der Waals surface area contributed by atoms with Crippen LogP contribution in [0.5, 0.6) is 0 Å². The summed E-state index contributed by atoms with van der Waals surface area (Å²) in [6.45, 7) is 3.24. The lowest BCUT2D eigenvalue weighted by Crippen LogP contribution is -2.38. The molecule has 0 spiro atoms. The number of likely N-dealkylation sites (tertiary alicyclic amines) is 1. The van der Waals surface area contributed by atoms with E-state index in [1.807, 2.05) is 4.90 Å². The van der Waals surface area contributed by atoms with Gasteiger partial charge in [-0.3, -0.25) is 5.41 Å². The standard InChI is InChI=1S/C8H16N2O2S/c1-7(13(2,11)12)8(9)10-5-3-4-6-10/h7,9H,3-6H2,1-2H3. The van der Waals surface area contributed by atoms with Crippen LogP contribution in [0.3, 0.4) is 0 Å². The molecule has 1 aliphatic heterocycles. The summed E-state index contributed by atoms with van der Waals surface area (Å²) < 4.78 is 22.3. The van der Waals surface area contributed by atoms with Gasteiger partial charge < -0.3 is 4.90 Å². The molecule has 0 amide bonds. The highest BCUT2D eigenvalue weighted by molar-refractivity contribution is 7.92. The molecule has 1 heterocycles. The van der Waals surface area contributed by atoms with Gasteiger partial charge in [0.1, 0.15) is 11.1 Å². The Balaban J connectivity index is 2.67. The third-order valence-electron chi connectivity index (χ3n) is 2.47. The summed E-state index contributed by atoms with van der Waals surface area (Å²) in [7, 11) is -3.11. The minimum atomic E-state index is -3.11. The maximum absolute atomic E-state index is 11.2. The first kappa shape index (κ1) is 10.5. The maximum Gasteiger partial charge on any atom is 0.157 e. The lowest BCUT2D eigenvalue weighted by molar-refractivity contribution is 0.502. The van der Waals surface area contributed by atoms with E-state index in [0.29, 0.717) is 0 Å². The molecule has 1 saturated heterocycles. The average Bonchev–Trinajstić information content (AvgIpc) is 2.51. The van der Waals surface area contributed by atoms with E-state index in [2.05, 4.69) is 0 Å². The van der Waals surface area contributed by atoms with Crippen molar-refractivity contribution >= 4 is 15.7 Å². The largest absolute Gasteiger partial charge is 0.359 e. The van der Waals surface area contributed by atoms with Crippen molar-refractivity contribution in [2.75, 3.05) is 19.3 Å². The van der Waals surface area contributed by atoms with Gasteiger partial charge in [0.05, 0.1) is 0 Å².